The average Bonchev–Trinajstić information content (AvgIpc) is 2.80. The van der Waals surface area contributed by atoms with Gasteiger partial charge in [0.2, 0.25) is 0 Å². The van der Waals surface area contributed by atoms with Crippen LogP contribution in [0.1, 0.15) is 24.4 Å². The van der Waals surface area contributed by atoms with E-state index in [4.69, 9.17) is 0 Å². The van der Waals surface area contributed by atoms with Gasteiger partial charge in [0.15, 0.2) is 9.84 Å². The van der Waals surface area contributed by atoms with E-state index in [9.17, 15) is 21.6 Å². The molecule has 1 atom stereocenters. The Hall–Kier alpha value is -2.10. The van der Waals surface area contributed by atoms with Crippen LogP contribution in [0.25, 0.3) is 0 Å². The zero-order chi connectivity index (χ0) is 24.3. The molecular weight excluding hydrogens is 463 g/mol. The van der Waals surface area contributed by atoms with Gasteiger partial charge in [-0.05, 0) is 55.6 Å². The van der Waals surface area contributed by atoms with Crippen LogP contribution >= 0.6 is 0 Å². The SMILES string of the molecule is CS(=O)(=O)c1cccc(N2CCN(CC3CCN(CC(F)(F)F)CC3)[C@@H](c3ccccc3)C2)c1. The summed E-state index contributed by atoms with van der Waals surface area (Å²) in [6, 6.07) is 17.5. The Bertz CT molecular complexity index is 1050. The monoisotopic (exact) mass is 495 g/mol. The van der Waals surface area contributed by atoms with E-state index in [0.717, 1.165) is 44.7 Å². The van der Waals surface area contributed by atoms with Crippen LogP contribution in [0.3, 0.4) is 0 Å². The van der Waals surface area contributed by atoms with Crippen LogP contribution in [-0.4, -0.2) is 76.5 Å². The van der Waals surface area contributed by atoms with Crippen molar-refractivity contribution in [2.75, 3.05) is 57.0 Å². The highest BCUT2D eigenvalue weighted by Crippen LogP contribution is 2.32. The second-order valence-electron chi connectivity index (χ2n) is 9.47. The summed E-state index contributed by atoms with van der Waals surface area (Å²) in [6.45, 7) is 3.31. The van der Waals surface area contributed by atoms with Gasteiger partial charge >= 0.3 is 6.18 Å². The fourth-order valence-corrected chi connectivity index (χ4v) is 5.75. The molecule has 0 aliphatic carbocycles. The maximum Gasteiger partial charge on any atom is 0.401 e. The molecule has 2 heterocycles. The molecule has 0 bridgehead atoms. The summed E-state index contributed by atoms with van der Waals surface area (Å²) in [4.78, 5) is 6.51. The standard InChI is InChI=1S/C25H32F3N3O2S/c1-34(32,33)23-9-5-8-22(16-23)30-14-15-31(24(18-30)21-6-3-2-4-7-21)17-20-10-12-29(13-11-20)19-25(26,27)28/h2-9,16,20,24H,10-15,17-19H2,1H3/t24-/m1/s1. The van der Waals surface area contributed by atoms with Crippen molar-refractivity contribution in [3.63, 3.8) is 0 Å². The van der Waals surface area contributed by atoms with Crippen LogP contribution in [-0.2, 0) is 9.84 Å². The van der Waals surface area contributed by atoms with E-state index in [1.165, 1.54) is 16.7 Å². The molecule has 0 N–H and O–H groups in total. The van der Waals surface area contributed by atoms with Crippen molar-refractivity contribution in [3.8, 4) is 0 Å². The lowest BCUT2D eigenvalue weighted by molar-refractivity contribution is -0.148. The molecule has 0 unspecified atom stereocenters. The van der Waals surface area contributed by atoms with Crippen molar-refractivity contribution in [3.05, 3.63) is 60.2 Å². The van der Waals surface area contributed by atoms with Gasteiger partial charge < -0.3 is 4.90 Å². The van der Waals surface area contributed by atoms with Gasteiger partial charge in [-0.15, -0.1) is 0 Å². The van der Waals surface area contributed by atoms with Crippen molar-refractivity contribution < 1.29 is 21.6 Å². The van der Waals surface area contributed by atoms with E-state index in [0.29, 0.717) is 23.9 Å². The highest BCUT2D eigenvalue weighted by molar-refractivity contribution is 7.90. The van der Waals surface area contributed by atoms with Crippen molar-refractivity contribution >= 4 is 15.5 Å². The number of halogens is 3. The van der Waals surface area contributed by atoms with Crippen molar-refractivity contribution in [2.24, 2.45) is 5.92 Å². The fraction of sp³-hybridized carbons (Fsp3) is 0.520. The number of benzene rings is 2. The molecule has 2 aliphatic rings. The minimum Gasteiger partial charge on any atom is -0.368 e. The van der Waals surface area contributed by atoms with Gasteiger partial charge in [0.25, 0.3) is 0 Å². The topological polar surface area (TPSA) is 43.9 Å². The minimum absolute atomic E-state index is 0.130. The average molecular weight is 496 g/mol. The molecular formula is C25H32F3N3O2S. The number of piperidine rings is 1. The molecule has 9 heteroatoms. The summed E-state index contributed by atoms with van der Waals surface area (Å²) in [7, 11) is -3.29. The molecule has 0 radical (unpaired) electrons. The van der Waals surface area contributed by atoms with E-state index in [2.05, 4.69) is 21.9 Å². The number of sulfone groups is 1. The Morgan fingerprint density at radius 3 is 2.29 bits per heavy atom. The number of alkyl halides is 3. The van der Waals surface area contributed by atoms with Crippen LogP contribution in [0.15, 0.2) is 59.5 Å². The van der Waals surface area contributed by atoms with Gasteiger partial charge in [-0.2, -0.15) is 13.2 Å². The summed E-state index contributed by atoms with van der Waals surface area (Å²) in [6.07, 6.45) is -1.38. The van der Waals surface area contributed by atoms with Crippen molar-refractivity contribution in [2.45, 2.75) is 30.0 Å². The quantitative estimate of drug-likeness (QED) is 0.600. The molecule has 0 saturated carbocycles. The van der Waals surface area contributed by atoms with Crippen molar-refractivity contribution in [1.82, 2.24) is 9.80 Å². The lowest BCUT2D eigenvalue weighted by Crippen LogP contribution is -2.51. The molecule has 0 aromatic heterocycles. The molecule has 2 aliphatic heterocycles. The second-order valence-corrected chi connectivity index (χ2v) is 11.5. The lowest BCUT2D eigenvalue weighted by Gasteiger charge is -2.45. The van der Waals surface area contributed by atoms with Crippen LogP contribution in [0.4, 0.5) is 18.9 Å². The number of hydrogen-bond acceptors (Lipinski definition) is 5. The Kier molecular flexibility index (Phi) is 7.54. The third-order valence-corrected chi connectivity index (χ3v) is 8.00. The number of piperazine rings is 1. The molecule has 34 heavy (non-hydrogen) atoms. The van der Waals surface area contributed by atoms with Gasteiger partial charge in [-0.1, -0.05) is 36.4 Å². The van der Waals surface area contributed by atoms with Crippen LogP contribution < -0.4 is 4.90 Å². The number of nitrogens with zero attached hydrogens (tertiary/aromatic N) is 3. The van der Waals surface area contributed by atoms with E-state index in [-0.39, 0.29) is 6.04 Å². The van der Waals surface area contributed by atoms with Crippen LogP contribution in [0.2, 0.25) is 0 Å². The first kappa shape index (κ1) is 25.0. The first-order chi connectivity index (χ1) is 16.1. The normalized spacial score (nSPS) is 21.6. The molecule has 2 saturated heterocycles. The summed E-state index contributed by atoms with van der Waals surface area (Å²) in [5.74, 6) is 0.371. The molecule has 5 nitrogen and oxygen atoms in total. The predicted octanol–water partition coefficient (Wildman–Crippen LogP) is 4.23. The van der Waals surface area contributed by atoms with Gasteiger partial charge in [0.05, 0.1) is 17.5 Å². The Morgan fingerprint density at radius 1 is 0.941 bits per heavy atom. The first-order valence-electron chi connectivity index (χ1n) is 11.7. The third kappa shape index (κ3) is 6.52. The van der Waals surface area contributed by atoms with Crippen LogP contribution in [0.5, 0.6) is 0 Å². The fourth-order valence-electron chi connectivity index (χ4n) is 5.09. The van der Waals surface area contributed by atoms with Gasteiger partial charge in [0, 0.05) is 38.1 Å². The van der Waals surface area contributed by atoms with Crippen LogP contribution in [0, 0.1) is 5.92 Å². The minimum atomic E-state index is -4.14. The van der Waals surface area contributed by atoms with E-state index in [1.54, 1.807) is 18.2 Å². The van der Waals surface area contributed by atoms with E-state index < -0.39 is 22.6 Å². The molecule has 0 spiro atoms. The number of rotatable bonds is 6. The molecule has 2 aromatic rings. The number of likely N-dealkylation sites (tertiary alicyclic amines) is 1. The highest BCUT2D eigenvalue weighted by Gasteiger charge is 2.34. The highest BCUT2D eigenvalue weighted by atomic mass is 32.2. The summed E-state index contributed by atoms with van der Waals surface area (Å²) >= 11 is 0. The summed E-state index contributed by atoms with van der Waals surface area (Å²) in [5, 5.41) is 0. The van der Waals surface area contributed by atoms with E-state index >= 15 is 0 Å². The molecule has 4 rings (SSSR count). The van der Waals surface area contributed by atoms with Gasteiger partial charge in [0.1, 0.15) is 0 Å². The molecule has 0 amide bonds. The maximum atomic E-state index is 12.7. The summed E-state index contributed by atoms with van der Waals surface area (Å²) < 4.78 is 62.3. The van der Waals surface area contributed by atoms with Crippen molar-refractivity contribution in [1.29, 1.82) is 0 Å². The van der Waals surface area contributed by atoms with Gasteiger partial charge in [-0.25, -0.2) is 8.42 Å². The zero-order valence-electron chi connectivity index (χ0n) is 19.4. The smallest absolute Gasteiger partial charge is 0.368 e. The Labute approximate surface area is 200 Å². The third-order valence-electron chi connectivity index (χ3n) is 6.89. The predicted molar refractivity (Wildman–Crippen MR) is 128 cm³/mol. The first-order valence-corrected chi connectivity index (χ1v) is 13.6. The number of hydrogen-bond donors (Lipinski definition) is 0. The molecule has 2 fully saturated rings. The number of anilines is 1. The van der Waals surface area contributed by atoms with Gasteiger partial charge in [-0.3, -0.25) is 9.80 Å². The largest absolute Gasteiger partial charge is 0.401 e. The summed E-state index contributed by atoms with van der Waals surface area (Å²) in [5.41, 5.74) is 2.09. The Morgan fingerprint density at radius 2 is 1.65 bits per heavy atom. The maximum absolute atomic E-state index is 12.7. The van der Waals surface area contributed by atoms with E-state index in [1.807, 2.05) is 24.3 Å². The lowest BCUT2D eigenvalue weighted by atomic mass is 9.93. The Balaban J connectivity index is 1.46. The zero-order valence-corrected chi connectivity index (χ0v) is 20.2. The molecule has 186 valence electrons. The molecule has 2 aromatic carbocycles. The second kappa shape index (κ2) is 10.3.